The Morgan fingerprint density at radius 3 is 2.19 bits per heavy atom. The lowest BCUT2D eigenvalue weighted by Gasteiger charge is -2.12. The van der Waals surface area contributed by atoms with E-state index in [0.29, 0.717) is 0 Å². The van der Waals surface area contributed by atoms with Gasteiger partial charge in [-0.3, -0.25) is 0 Å². The third-order valence-corrected chi connectivity index (χ3v) is 2.95. The highest BCUT2D eigenvalue weighted by atomic mass is 14.2. The first-order valence-electron chi connectivity index (χ1n) is 6.78. The van der Waals surface area contributed by atoms with Gasteiger partial charge in [-0.25, -0.2) is 0 Å². The molecule has 0 aromatic carbocycles. The van der Waals surface area contributed by atoms with E-state index in [9.17, 15) is 0 Å². The molecule has 0 nitrogen and oxygen atoms in total. The summed E-state index contributed by atoms with van der Waals surface area (Å²) in [6.45, 7) is 10.6. The first-order chi connectivity index (χ1) is 7.79. The van der Waals surface area contributed by atoms with Crippen molar-refractivity contribution in [1.82, 2.24) is 0 Å². The molecule has 0 aliphatic heterocycles. The van der Waals surface area contributed by atoms with Gasteiger partial charge in [0.2, 0.25) is 0 Å². The fourth-order valence-electron chi connectivity index (χ4n) is 2.21. The van der Waals surface area contributed by atoms with Crippen LogP contribution in [0.1, 0.15) is 60.3 Å². The van der Waals surface area contributed by atoms with Crippen molar-refractivity contribution < 1.29 is 0 Å². The first-order valence-corrected chi connectivity index (χ1v) is 6.78. The highest BCUT2D eigenvalue weighted by molar-refractivity contribution is 5.35. The van der Waals surface area contributed by atoms with Crippen LogP contribution in [0.3, 0.4) is 0 Å². The van der Waals surface area contributed by atoms with Gasteiger partial charge in [0.1, 0.15) is 0 Å². The summed E-state index contributed by atoms with van der Waals surface area (Å²) in [6, 6.07) is 0. The zero-order chi connectivity index (χ0) is 12.4. The van der Waals surface area contributed by atoms with Crippen LogP contribution < -0.4 is 0 Å². The largest absolute Gasteiger partial charge is 0.0874 e. The molecule has 0 N–H and O–H groups in total. The molecule has 0 bridgehead atoms. The van der Waals surface area contributed by atoms with Crippen LogP contribution in [0.2, 0.25) is 0 Å². The number of hydrogen-bond donors (Lipinski definition) is 0. The van der Waals surface area contributed by atoms with Crippen molar-refractivity contribution in [3.05, 3.63) is 35.5 Å². The second-order valence-electron chi connectivity index (χ2n) is 4.13. The number of hydrogen-bond acceptors (Lipinski definition) is 0. The van der Waals surface area contributed by atoms with Gasteiger partial charge in [0, 0.05) is 0 Å². The molecule has 1 rings (SSSR count). The van der Waals surface area contributed by atoms with Gasteiger partial charge in [-0.15, -0.1) is 0 Å². The average molecular weight is 220 g/mol. The Kier molecular flexibility index (Phi) is 8.99. The third kappa shape index (κ3) is 4.83. The van der Waals surface area contributed by atoms with Crippen LogP contribution in [-0.2, 0) is 0 Å². The topological polar surface area (TPSA) is 0 Å². The van der Waals surface area contributed by atoms with Gasteiger partial charge in [-0.05, 0) is 50.2 Å². The minimum Gasteiger partial charge on any atom is -0.0874 e. The van der Waals surface area contributed by atoms with Crippen molar-refractivity contribution in [3.8, 4) is 0 Å². The molecule has 92 valence electrons. The SMILES string of the molecule is C/C=C\C1=C(/C=C\C)C(C)CCCC1.CC. The molecule has 1 aliphatic carbocycles. The van der Waals surface area contributed by atoms with Gasteiger partial charge in [0.25, 0.3) is 0 Å². The molecule has 0 amide bonds. The van der Waals surface area contributed by atoms with Crippen LogP contribution in [0.15, 0.2) is 35.5 Å². The van der Waals surface area contributed by atoms with Crippen LogP contribution in [-0.4, -0.2) is 0 Å². The van der Waals surface area contributed by atoms with Crippen LogP contribution in [0, 0.1) is 5.92 Å². The van der Waals surface area contributed by atoms with E-state index in [1.165, 1.54) is 25.7 Å². The average Bonchev–Trinajstić information content (AvgIpc) is 2.48. The fourth-order valence-corrected chi connectivity index (χ4v) is 2.21. The van der Waals surface area contributed by atoms with Gasteiger partial charge >= 0.3 is 0 Å². The minimum atomic E-state index is 0.736. The Hall–Kier alpha value is -0.780. The van der Waals surface area contributed by atoms with Crippen molar-refractivity contribution in [2.45, 2.75) is 60.3 Å². The molecule has 1 aliphatic rings. The second kappa shape index (κ2) is 9.45. The molecule has 0 saturated carbocycles. The lowest BCUT2D eigenvalue weighted by atomic mass is 9.93. The van der Waals surface area contributed by atoms with E-state index in [2.05, 4.69) is 45.1 Å². The van der Waals surface area contributed by atoms with E-state index >= 15 is 0 Å². The predicted octanol–water partition coefficient (Wildman–Crippen LogP) is 5.67. The van der Waals surface area contributed by atoms with E-state index in [1.807, 2.05) is 13.8 Å². The Bertz CT molecular complexity index is 253. The monoisotopic (exact) mass is 220 g/mol. The molecular weight excluding hydrogens is 192 g/mol. The van der Waals surface area contributed by atoms with Crippen molar-refractivity contribution >= 4 is 0 Å². The van der Waals surface area contributed by atoms with E-state index < -0.39 is 0 Å². The van der Waals surface area contributed by atoms with Crippen LogP contribution in [0.5, 0.6) is 0 Å². The molecule has 0 spiro atoms. The maximum absolute atomic E-state index is 2.35. The lowest BCUT2D eigenvalue weighted by Crippen LogP contribution is -1.97. The van der Waals surface area contributed by atoms with E-state index in [0.717, 1.165) is 5.92 Å². The molecule has 1 unspecified atom stereocenters. The van der Waals surface area contributed by atoms with Crippen molar-refractivity contribution in [1.29, 1.82) is 0 Å². The zero-order valence-corrected chi connectivity index (χ0v) is 11.7. The maximum Gasteiger partial charge on any atom is -0.0188 e. The van der Waals surface area contributed by atoms with Gasteiger partial charge in [-0.1, -0.05) is 51.5 Å². The summed E-state index contributed by atoms with van der Waals surface area (Å²) in [5.74, 6) is 0.736. The fraction of sp³-hybridized carbons (Fsp3) is 0.625. The van der Waals surface area contributed by atoms with Crippen molar-refractivity contribution in [2.75, 3.05) is 0 Å². The summed E-state index contributed by atoms with van der Waals surface area (Å²) in [6.07, 6.45) is 14.3. The van der Waals surface area contributed by atoms with Gasteiger partial charge < -0.3 is 0 Å². The smallest absolute Gasteiger partial charge is 0.0188 e. The Morgan fingerprint density at radius 1 is 1.00 bits per heavy atom. The molecule has 1 atom stereocenters. The molecule has 0 radical (unpaired) electrons. The molecular formula is C16H28. The summed E-state index contributed by atoms with van der Waals surface area (Å²) in [7, 11) is 0. The van der Waals surface area contributed by atoms with Crippen molar-refractivity contribution in [3.63, 3.8) is 0 Å². The molecule has 16 heavy (non-hydrogen) atoms. The van der Waals surface area contributed by atoms with Crippen LogP contribution in [0.25, 0.3) is 0 Å². The predicted molar refractivity (Wildman–Crippen MR) is 75.6 cm³/mol. The highest BCUT2D eigenvalue weighted by Crippen LogP contribution is 2.30. The normalized spacial score (nSPS) is 22.2. The van der Waals surface area contributed by atoms with Gasteiger partial charge in [0.05, 0.1) is 0 Å². The number of rotatable bonds is 2. The molecule has 0 saturated heterocycles. The Labute approximate surface area is 102 Å². The maximum atomic E-state index is 2.35. The first kappa shape index (κ1) is 15.2. The highest BCUT2D eigenvalue weighted by Gasteiger charge is 2.13. The standard InChI is InChI=1S/C14H22.C2H6/c1-4-8-13-11-7-6-10-12(3)14(13)9-5-2;1-2/h4-5,8-9,12H,6-7,10-11H2,1-3H3;1-2H3/b8-4-,9-5-;. The second-order valence-corrected chi connectivity index (χ2v) is 4.13. The van der Waals surface area contributed by atoms with Crippen LogP contribution >= 0.6 is 0 Å². The van der Waals surface area contributed by atoms with E-state index in [4.69, 9.17) is 0 Å². The van der Waals surface area contributed by atoms with Gasteiger partial charge in [0.15, 0.2) is 0 Å². The van der Waals surface area contributed by atoms with E-state index in [-0.39, 0.29) is 0 Å². The summed E-state index contributed by atoms with van der Waals surface area (Å²) < 4.78 is 0. The minimum absolute atomic E-state index is 0.736. The molecule has 0 heterocycles. The quantitative estimate of drug-likeness (QED) is 0.562. The Balaban J connectivity index is 0.00000106. The zero-order valence-electron chi connectivity index (χ0n) is 11.7. The number of allylic oxidation sites excluding steroid dienone is 6. The summed E-state index contributed by atoms with van der Waals surface area (Å²) >= 11 is 0. The lowest BCUT2D eigenvalue weighted by molar-refractivity contribution is 0.591. The molecule has 0 fully saturated rings. The van der Waals surface area contributed by atoms with Gasteiger partial charge in [-0.2, -0.15) is 0 Å². The molecule has 0 heteroatoms. The Morgan fingerprint density at radius 2 is 1.62 bits per heavy atom. The van der Waals surface area contributed by atoms with Crippen molar-refractivity contribution in [2.24, 2.45) is 5.92 Å². The third-order valence-electron chi connectivity index (χ3n) is 2.95. The van der Waals surface area contributed by atoms with E-state index in [1.54, 1.807) is 11.1 Å². The van der Waals surface area contributed by atoms with Crippen LogP contribution in [0.4, 0.5) is 0 Å². The molecule has 0 aromatic heterocycles. The molecule has 0 aromatic rings. The summed E-state index contributed by atoms with van der Waals surface area (Å²) in [5.41, 5.74) is 3.11. The summed E-state index contributed by atoms with van der Waals surface area (Å²) in [4.78, 5) is 0. The summed E-state index contributed by atoms with van der Waals surface area (Å²) in [5, 5.41) is 0.